The molecule has 1 aromatic carbocycles. The standard InChI is InChI=1S/C15H24F2N2/c1-11(2)19(4)10-6-9-18-12(3)13-7-5-8-14(16)15(13)17/h5,7-8,11-12,18H,6,9-10H2,1-4H3. The zero-order chi connectivity index (χ0) is 14.4. The summed E-state index contributed by atoms with van der Waals surface area (Å²) in [6, 6.07) is 4.65. The van der Waals surface area contributed by atoms with Gasteiger partial charge in [0, 0.05) is 17.6 Å². The largest absolute Gasteiger partial charge is 0.310 e. The van der Waals surface area contributed by atoms with E-state index in [9.17, 15) is 8.78 Å². The van der Waals surface area contributed by atoms with Crippen LogP contribution in [-0.4, -0.2) is 31.1 Å². The van der Waals surface area contributed by atoms with E-state index in [0.29, 0.717) is 11.6 Å². The van der Waals surface area contributed by atoms with Crippen molar-refractivity contribution >= 4 is 0 Å². The molecule has 0 fully saturated rings. The van der Waals surface area contributed by atoms with Crippen molar-refractivity contribution in [1.29, 1.82) is 0 Å². The van der Waals surface area contributed by atoms with Crippen molar-refractivity contribution in [1.82, 2.24) is 10.2 Å². The van der Waals surface area contributed by atoms with Crippen LogP contribution in [-0.2, 0) is 0 Å². The zero-order valence-electron chi connectivity index (χ0n) is 12.2. The van der Waals surface area contributed by atoms with E-state index in [0.717, 1.165) is 25.6 Å². The van der Waals surface area contributed by atoms with Gasteiger partial charge in [0.2, 0.25) is 0 Å². The molecular formula is C15H24F2N2. The van der Waals surface area contributed by atoms with Gasteiger partial charge >= 0.3 is 0 Å². The quantitative estimate of drug-likeness (QED) is 0.764. The van der Waals surface area contributed by atoms with Crippen molar-refractivity contribution in [3.63, 3.8) is 0 Å². The second-order valence-corrected chi connectivity index (χ2v) is 5.25. The Morgan fingerprint density at radius 3 is 2.53 bits per heavy atom. The minimum atomic E-state index is -0.786. The van der Waals surface area contributed by atoms with Crippen LogP contribution in [0.5, 0.6) is 0 Å². The van der Waals surface area contributed by atoms with E-state index >= 15 is 0 Å². The summed E-state index contributed by atoms with van der Waals surface area (Å²) in [5.74, 6) is -1.53. The van der Waals surface area contributed by atoms with Crippen molar-refractivity contribution in [2.75, 3.05) is 20.1 Å². The Bertz CT molecular complexity index is 394. The minimum Gasteiger partial charge on any atom is -0.310 e. The van der Waals surface area contributed by atoms with Gasteiger partial charge in [-0.1, -0.05) is 12.1 Å². The highest BCUT2D eigenvalue weighted by molar-refractivity contribution is 5.21. The topological polar surface area (TPSA) is 15.3 Å². The SMILES string of the molecule is CC(NCCCN(C)C(C)C)c1cccc(F)c1F. The summed E-state index contributed by atoms with van der Waals surface area (Å²) in [7, 11) is 2.08. The molecule has 108 valence electrons. The van der Waals surface area contributed by atoms with Crippen LogP contribution in [0.1, 0.15) is 38.8 Å². The van der Waals surface area contributed by atoms with Gasteiger partial charge in [-0.3, -0.25) is 0 Å². The van der Waals surface area contributed by atoms with Gasteiger partial charge in [0.05, 0.1) is 0 Å². The first-order valence-corrected chi connectivity index (χ1v) is 6.81. The maximum Gasteiger partial charge on any atom is 0.163 e. The van der Waals surface area contributed by atoms with E-state index in [1.165, 1.54) is 0 Å². The maximum atomic E-state index is 13.6. The third-order valence-electron chi connectivity index (χ3n) is 3.47. The molecule has 0 radical (unpaired) electrons. The van der Waals surface area contributed by atoms with Gasteiger partial charge in [-0.15, -0.1) is 0 Å². The molecule has 2 nitrogen and oxygen atoms in total. The molecule has 0 saturated carbocycles. The molecule has 1 rings (SSSR count). The molecule has 0 bridgehead atoms. The van der Waals surface area contributed by atoms with Gasteiger partial charge in [0.1, 0.15) is 0 Å². The number of nitrogens with one attached hydrogen (secondary N) is 1. The summed E-state index contributed by atoms with van der Waals surface area (Å²) in [5, 5.41) is 3.23. The molecule has 0 heterocycles. The number of hydrogen-bond donors (Lipinski definition) is 1. The highest BCUT2D eigenvalue weighted by Gasteiger charge is 2.13. The smallest absolute Gasteiger partial charge is 0.163 e. The first kappa shape index (κ1) is 16.1. The van der Waals surface area contributed by atoms with Crippen LogP contribution in [0, 0.1) is 11.6 Å². The van der Waals surface area contributed by atoms with Crippen molar-refractivity contribution in [3.8, 4) is 0 Å². The molecule has 4 heteroatoms. The molecular weight excluding hydrogens is 246 g/mol. The molecule has 0 saturated heterocycles. The lowest BCUT2D eigenvalue weighted by atomic mass is 10.1. The van der Waals surface area contributed by atoms with Crippen LogP contribution in [0.25, 0.3) is 0 Å². The van der Waals surface area contributed by atoms with Crippen molar-refractivity contribution in [2.45, 2.75) is 39.3 Å². The summed E-state index contributed by atoms with van der Waals surface area (Å²) < 4.78 is 26.7. The lowest BCUT2D eigenvalue weighted by Crippen LogP contribution is -2.30. The van der Waals surface area contributed by atoms with Crippen LogP contribution < -0.4 is 5.32 Å². The lowest BCUT2D eigenvalue weighted by Gasteiger charge is -2.21. The van der Waals surface area contributed by atoms with Crippen molar-refractivity contribution in [3.05, 3.63) is 35.4 Å². The number of nitrogens with zero attached hydrogens (tertiary/aromatic N) is 1. The van der Waals surface area contributed by atoms with Crippen LogP contribution in [0.4, 0.5) is 8.78 Å². The van der Waals surface area contributed by atoms with Crippen molar-refractivity contribution in [2.24, 2.45) is 0 Å². The summed E-state index contributed by atoms with van der Waals surface area (Å²) in [5.41, 5.74) is 0.386. The molecule has 0 aromatic heterocycles. The number of benzene rings is 1. The second kappa shape index (κ2) is 7.56. The van der Waals surface area contributed by atoms with E-state index < -0.39 is 11.6 Å². The van der Waals surface area contributed by atoms with Crippen molar-refractivity contribution < 1.29 is 8.78 Å². The van der Waals surface area contributed by atoms with Crippen LogP contribution in [0.2, 0.25) is 0 Å². The Balaban J connectivity index is 2.39. The predicted octanol–water partition coefficient (Wildman–Crippen LogP) is 3.35. The maximum absolute atomic E-state index is 13.6. The molecule has 0 amide bonds. The second-order valence-electron chi connectivity index (χ2n) is 5.25. The molecule has 1 N–H and O–H groups in total. The Labute approximate surface area is 114 Å². The fourth-order valence-corrected chi connectivity index (χ4v) is 1.87. The fraction of sp³-hybridized carbons (Fsp3) is 0.600. The molecule has 0 spiro atoms. The molecule has 1 unspecified atom stereocenters. The van der Waals surface area contributed by atoms with Gasteiger partial charge in [0.25, 0.3) is 0 Å². The van der Waals surface area contributed by atoms with Crippen LogP contribution >= 0.6 is 0 Å². The summed E-state index contributed by atoms with van der Waals surface area (Å²) >= 11 is 0. The average molecular weight is 270 g/mol. The summed E-state index contributed by atoms with van der Waals surface area (Å²) in [6.07, 6.45) is 0.982. The van der Waals surface area contributed by atoms with E-state index in [2.05, 4.69) is 31.1 Å². The Morgan fingerprint density at radius 2 is 1.89 bits per heavy atom. The van der Waals surface area contributed by atoms with Gasteiger partial charge in [-0.2, -0.15) is 0 Å². The summed E-state index contributed by atoms with van der Waals surface area (Å²) in [6.45, 7) is 7.93. The minimum absolute atomic E-state index is 0.181. The average Bonchev–Trinajstić information content (AvgIpc) is 2.37. The molecule has 0 aliphatic heterocycles. The Morgan fingerprint density at radius 1 is 1.21 bits per heavy atom. The normalized spacial score (nSPS) is 13.3. The highest BCUT2D eigenvalue weighted by atomic mass is 19.2. The number of halogens is 2. The molecule has 1 atom stereocenters. The van der Waals surface area contributed by atoms with Crippen LogP contribution in [0.3, 0.4) is 0 Å². The molecule has 1 aromatic rings. The number of rotatable bonds is 7. The van der Waals surface area contributed by atoms with E-state index in [-0.39, 0.29) is 6.04 Å². The third-order valence-corrected chi connectivity index (χ3v) is 3.47. The highest BCUT2D eigenvalue weighted by Crippen LogP contribution is 2.18. The Hall–Kier alpha value is -1.00. The van der Waals surface area contributed by atoms with Gasteiger partial charge in [-0.25, -0.2) is 8.78 Å². The van der Waals surface area contributed by atoms with E-state index in [1.54, 1.807) is 12.1 Å². The summed E-state index contributed by atoms with van der Waals surface area (Å²) in [4.78, 5) is 2.26. The van der Waals surface area contributed by atoms with E-state index in [4.69, 9.17) is 0 Å². The molecule has 19 heavy (non-hydrogen) atoms. The van der Waals surface area contributed by atoms with Crippen LogP contribution in [0.15, 0.2) is 18.2 Å². The lowest BCUT2D eigenvalue weighted by molar-refractivity contribution is 0.268. The predicted molar refractivity (Wildman–Crippen MR) is 75.2 cm³/mol. The fourth-order valence-electron chi connectivity index (χ4n) is 1.87. The molecule has 0 aliphatic carbocycles. The van der Waals surface area contributed by atoms with Gasteiger partial charge in [-0.05, 0) is 53.4 Å². The first-order chi connectivity index (χ1) is 8.93. The third kappa shape index (κ3) is 4.88. The molecule has 0 aliphatic rings. The first-order valence-electron chi connectivity index (χ1n) is 6.81. The number of hydrogen-bond acceptors (Lipinski definition) is 2. The van der Waals surface area contributed by atoms with E-state index in [1.807, 2.05) is 6.92 Å². The monoisotopic (exact) mass is 270 g/mol. The van der Waals surface area contributed by atoms with Gasteiger partial charge in [0.15, 0.2) is 11.6 Å². The van der Waals surface area contributed by atoms with Gasteiger partial charge < -0.3 is 10.2 Å². The zero-order valence-corrected chi connectivity index (χ0v) is 12.2. The Kier molecular flexibility index (Phi) is 6.38.